The molecule has 2 aliphatic carbocycles. The van der Waals surface area contributed by atoms with Gasteiger partial charge in [-0.05, 0) is 96.9 Å². The number of alkyl carbamates (subject to hydrolysis) is 2. The molecule has 2 unspecified atom stereocenters. The fourth-order valence-electron chi connectivity index (χ4n) is 10.0. The molecule has 2 aromatic heterocycles. The highest BCUT2D eigenvalue weighted by molar-refractivity contribution is 5.80. The van der Waals surface area contributed by atoms with Gasteiger partial charge in [0.2, 0.25) is 0 Å². The number of hydrogen-bond donors (Lipinski definition) is 8. The first-order valence-electron chi connectivity index (χ1n) is 26.2. The average Bonchev–Trinajstić information content (AvgIpc) is 4.03. The quantitative estimate of drug-likeness (QED) is 0.0163. The molecule has 78 heavy (non-hydrogen) atoms. The zero-order chi connectivity index (χ0) is 55.6. The highest BCUT2D eigenvalue weighted by atomic mass is 16.6. The Balaban J connectivity index is 0.000000226. The van der Waals surface area contributed by atoms with Crippen molar-refractivity contribution in [1.82, 2.24) is 31.2 Å². The number of unbranched alkanes of at least 4 members (excludes halogenated alkanes) is 2. The lowest BCUT2D eigenvalue weighted by molar-refractivity contribution is -0.144. The number of hydrogen-bond acceptors (Lipinski definition) is 16. The lowest BCUT2D eigenvalue weighted by Gasteiger charge is -2.18. The molecule has 2 aliphatic rings. The molecule has 2 amide bonds. The maximum absolute atomic E-state index is 12.4. The highest BCUT2D eigenvalue weighted by Gasteiger charge is 2.31. The number of nitrogens with zero attached hydrogens (tertiary/aromatic N) is 2. The Bertz CT molecular complexity index is 2730. The van der Waals surface area contributed by atoms with E-state index in [2.05, 4.69) is 79.8 Å². The SMILES string of the molecule is COC(=O)C(CCCCNC(=O)OCC1c2ccccc2-c2ccccc21)NCc1c(CO)cnc(C)c1O.COC(=O)C(CCCCNC(=O)OCC1c2ccccc2-c2ccccc21)NCc1c(CO)cnc(C)c1O. The third kappa shape index (κ3) is 14.4. The number of aromatic nitrogens is 2. The summed E-state index contributed by atoms with van der Waals surface area (Å²) in [6, 6.07) is 31.5. The number of carbonyl (C=O) groups is 4. The molecule has 412 valence electrons. The molecule has 8 rings (SSSR count). The third-order valence-corrected chi connectivity index (χ3v) is 14.3. The fourth-order valence-corrected chi connectivity index (χ4v) is 10.0. The van der Waals surface area contributed by atoms with Crippen molar-refractivity contribution in [2.75, 3.05) is 40.5 Å². The van der Waals surface area contributed by atoms with E-state index in [1.807, 2.05) is 48.5 Å². The number of aliphatic hydroxyl groups is 2. The minimum absolute atomic E-state index is 0.00464. The van der Waals surface area contributed by atoms with Gasteiger partial charge in [-0.25, -0.2) is 9.59 Å². The molecular formula is C60H70N6O12. The number of aromatic hydroxyl groups is 2. The number of aliphatic hydroxyl groups excluding tert-OH is 2. The molecule has 2 atom stereocenters. The van der Waals surface area contributed by atoms with Crippen molar-refractivity contribution < 1.29 is 58.6 Å². The Morgan fingerprint density at radius 3 is 1.18 bits per heavy atom. The van der Waals surface area contributed by atoms with Gasteiger partial charge < -0.3 is 60.6 Å². The van der Waals surface area contributed by atoms with Gasteiger partial charge in [0.15, 0.2) is 0 Å². The summed E-state index contributed by atoms with van der Waals surface area (Å²) in [6.45, 7) is 4.45. The van der Waals surface area contributed by atoms with Crippen LogP contribution in [0.2, 0.25) is 0 Å². The predicted molar refractivity (Wildman–Crippen MR) is 292 cm³/mol. The zero-order valence-electron chi connectivity index (χ0n) is 44.6. The van der Waals surface area contributed by atoms with Crippen LogP contribution >= 0.6 is 0 Å². The van der Waals surface area contributed by atoms with E-state index in [1.165, 1.54) is 48.9 Å². The van der Waals surface area contributed by atoms with Gasteiger partial charge in [0.1, 0.15) is 36.8 Å². The van der Waals surface area contributed by atoms with Crippen LogP contribution in [0.15, 0.2) is 109 Å². The van der Waals surface area contributed by atoms with E-state index in [9.17, 15) is 39.6 Å². The summed E-state index contributed by atoms with van der Waals surface area (Å²) in [7, 11) is 2.64. The van der Waals surface area contributed by atoms with E-state index in [-0.39, 0.29) is 62.9 Å². The fraction of sp³-hybridized carbons (Fsp3) is 0.367. The number of ether oxygens (including phenoxy) is 4. The van der Waals surface area contributed by atoms with Crippen molar-refractivity contribution in [2.45, 2.75) is 103 Å². The van der Waals surface area contributed by atoms with Crippen LogP contribution in [0.1, 0.15) is 106 Å². The molecule has 18 nitrogen and oxygen atoms in total. The number of aryl methyl sites for hydroxylation is 2. The van der Waals surface area contributed by atoms with E-state index < -0.39 is 36.2 Å². The molecule has 4 aromatic carbocycles. The molecule has 0 aliphatic heterocycles. The van der Waals surface area contributed by atoms with E-state index in [0.717, 1.165) is 22.3 Å². The van der Waals surface area contributed by atoms with Gasteiger partial charge in [0.05, 0.1) is 38.8 Å². The summed E-state index contributed by atoms with van der Waals surface area (Å²) in [5.74, 6) is -0.851. The second-order valence-corrected chi connectivity index (χ2v) is 19.1. The topological polar surface area (TPSA) is 260 Å². The van der Waals surface area contributed by atoms with Crippen LogP contribution < -0.4 is 21.3 Å². The number of amides is 2. The van der Waals surface area contributed by atoms with Crippen molar-refractivity contribution in [3.63, 3.8) is 0 Å². The molecule has 0 fully saturated rings. The van der Waals surface area contributed by atoms with Gasteiger partial charge in [-0.3, -0.25) is 19.6 Å². The number of esters is 2. The first kappa shape index (κ1) is 57.8. The number of rotatable bonds is 24. The van der Waals surface area contributed by atoms with Crippen LogP contribution in [0.25, 0.3) is 22.3 Å². The van der Waals surface area contributed by atoms with Gasteiger partial charge in [0.25, 0.3) is 0 Å². The Hall–Kier alpha value is -7.90. The molecule has 0 radical (unpaired) electrons. The van der Waals surface area contributed by atoms with E-state index >= 15 is 0 Å². The second-order valence-electron chi connectivity index (χ2n) is 19.1. The Morgan fingerprint density at radius 1 is 0.526 bits per heavy atom. The summed E-state index contributed by atoms with van der Waals surface area (Å²) >= 11 is 0. The molecule has 8 N–H and O–H groups in total. The summed E-state index contributed by atoms with van der Waals surface area (Å²) in [6.07, 6.45) is 5.58. The van der Waals surface area contributed by atoms with Crippen LogP contribution in [0.4, 0.5) is 9.59 Å². The molecule has 6 aromatic rings. The summed E-state index contributed by atoms with van der Waals surface area (Å²) in [4.78, 5) is 57.5. The number of nitrogens with one attached hydrogen (secondary N) is 4. The number of methoxy groups -OCH3 is 2. The summed E-state index contributed by atoms with van der Waals surface area (Å²) in [5.41, 5.74) is 12.2. The predicted octanol–water partition coefficient (Wildman–Crippen LogP) is 7.86. The molecule has 0 bridgehead atoms. The molecule has 18 heteroatoms. The Kier molecular flexibility index (Phi) is 21.1. The maximum Gasteiger partial charge on any atom is 0.407 e. The van der Waals surface area contributed by atoms with Crippen molar-refractivity contribution in [3.05, 3.63) is 165 Å². The summed E-state index contributed by atoms with van der Waals surface area (Å²) in [5, 5.41) is 51.6. The lowest BCUT2D eigenvalue weighted by Crippen LogP contribution is -2.37. The smallest absolute Gasteiger partial charge is 0.407 e. The standard InChI is InChI=1S/2C30H35N3O6/c2*1-19-28(35)25(20(17-34)15-32-19)16-33-27(29(36)38-2)13-7-8-14-31-30(37)39-18-26-23-11-5-3-9-21(23)22-10-4-6-12-24(22)26/h2*3-6,9-12,15,26-27,33-35H,7-8,13-14,16-18H2,1-2H3,(H,31,37). The monoisotopic (exact) mass is 1070 g/mol. The van der Waals surface area contributed by atoms with Gasteiger partial charge in [-0.15, -0.1) is 0 Å². The van der Waals surface area contributed by atoms with Crippen molar-refractivity contribution in [1.29, 1.82) is 0 Å². The van der Waals surface area contributed by atoms with Crippen molar-refractivity contribution in [3.8, 4) is 33.8 Å². The van der Waals surface area contributed by atoms with Gasteiger partial charge >= 0.3 is 24.1 Å². The van der Waals surface area contributed by atoms with E-state index in [1.54, 1.807) is 13.8 Å². The van der Waals surface area contributed by atoms with Crippen molar-refractivity contribution >= 4 is 24.1 Å². The van der Waals surface area contributed by atoms with Crippen LogP contribution in [-0.2, 0) is 54.8 Å². The molecule has 0 saturated heterocycles. The molecular weight excluding hydrogens is 997 g/mol. The first-order chi connectivity index (χ1) is 37.9. The van der Waals surface area contributed by atoms with Crippen LogP contribution in [0, 0.1) is 13.8 Å². The van der Waals surface area contributed by atoms with Gasteiger partial charge in [-0.1, -0.05) is 97.1 Å². The van der Waals surface area contributed by atoms with Gasteiger partial charge in [0, 0.05) is 72.7 Å². The van der Waals surface area contributed by atoms with Crippen LogP contribution in [0.5, 0.6) is 11.5 Å². The third-order valence-electron chi connectivity index (χ3n) is 14.3. The maximum atomic E-state index is 12.4. The van der Waals surface area contributed by atoms with E-state index in [4.69, 9.17) is 18.9 Å². The largest absolute Gasteiger partial charge is 0.506 e. The van der Waals surface area contributed by atoms with Crippen molar-refractivity contribution in [2.24, 2.45) is 0 Å². The number of benzene rings is 4. The Labute approximate surface area is 454 Å². The van der Waals surface area contributed by atoms with Gasteiger partial charge in [-0.2, -0.15) is 0 Å². The number of carbonyl (C=O) groups excluding carboxylic acids is 4. The molecule has 0 saturated carbocycles. The first-order valence-corrected chi connectivity index (χ1v) is 26.2. The lowest BCUT2D eigenvalue weighted by atomic mass is 9.98. The minimum atomic E-state index is -0.608. The van der Waals surface area contributed by atoms with Crippen LogP contribution in [-0.4, -0.2) is 107 Å². The normalized spacial score (nSPS) is 12.9. The van der Waals surface area contributed by atoms with Crippen LogP contribution in [0.3, 0.4) is 0 Å². The summed E-state index contributed by atoms with van der Waals surface area (Å²) < 4.78 is 21.0. The second kappa shape index (κ2) is 28.5. The zero-order valence-corrected chi connectivity index (χ0v) is 44.6. The molecule has 2 heterocycles. The number of fused-ring (bicyclic) bond motifs is 6. The highest BCUT2D eigenvalue weighted by Crippen LogP contribution is 2.46. The Morgan fingerprint density at radius 2 is 0.859 bits per heavy atom. The number of pyridine rings is 2. The average molecular weight is 1070 g/mol. The minimum Gasteiger partial charge on any atom is -0.506 e. The molecule has 0 spiro atoms. The van der Waals surface area contributed by atoms with E-state index in [0.29, 0.717) is 85.3 Å².